The predicted molar refractivity (Wildman–Crippen MR) is 117 cm³/mol. The largest absolute Gasteiger partial charge is 0.331 e. The molecule has 1 saturated carbocycles. The summed E-state index contributed by atoms with van der Waals surface area (Å²) in [6.07, 6.45) is 2.21. The van der Waals surface area contributed by atoms with Crippen LogP contribution in [-0.2, 0) is 10.0 Å². The quantitative estimate of drug-likeness (QED) is 0.717. The van der Waals surface area contributed by atoms with Gasteiger partial charge in [0.2, 0.25) is 10.0 Å². The summed E-state index contributed by atoms with van der Waals surface area (Å²) in [6.45, 7) is 1.04. The zero-order chi connectivity index (χ0) is 21.3. The molecule has 1 aliphatic heterocycles. The summed E-state index contributed by atoms with van der Waals surface area (Å²) < 4.78 is 27.3. The molecule has 0 aromatic heterocycles. The molecule has 30 heavy (non-hydrogen) atoms. The van der Waals surface area contributed by atoms with Gasteiger partial charge >= 0.3 is 6.03 Å². The van der Waals surface area contributed by atoms with Gasteiger partial charge in [0.1, 0.15) is 4.90 Å². The van der Waals surface area contributed by atoms with Gasteiger partial charge in [0, 0.05) is 31.2 Å². The summed E-state index contributed by atoms with van der Waals surface area (Å²) in [5.41, 5.74) is 1.10. The Labute approximate surface area is 186 Å². The molecule has 2 amide bonds. The van der Waals surface area contributed by atoms with Crippen LogP contribution in [0.5, 0.6) is 0 Å². The summed E-state index contributed by atoms with van der Waals surface area (Å²) in [6, 6.07) is 14.2. The standard InChI is InChI=1S/C21H23Cl2N3O3S/c22-17-8-9-18(23)19(14-17)30(28,29)26-12-10-25(11-13-26)21(27)24-20(16-6-7-16)15-4-2-1-3-5-15/h1-5,8-9,14,16,20H,6-7,10-13H2,(H,24,27)/t20-/m0/s1. The Morgan fingerprint density at radius 3 is 2.30 bits per heavy atom. The van der Waals surface area contributed by atoms with Crippen LogP contribution in [0, 0.1) is 5.92 Å². The number of hydrogen-bond donors (Lipinski definition) is 1. The molecule has 2 aromatic rings. The number of rotatable bonds is 5. The molecule has 1 N–H and O–H groups in total. The Kier molecular flexibility index (Phi) is 6.25. The van der Waals surface area contributed by atoms with E-state index in [0.717, 1.165) is 18.4 Å². The second-order valence-corrected chi connectivity index (χ2v) is 10.4. The number of amides is 2. The van der Waals surface area contributed by atoms with E-state index in [2.05, 4.69) is 5.32 Å². The molecule has 1 aliphatic carbocycles. The highest BCUT2D eigenvalue weighted by atomic mass is 35.5. The zero-order valence-corrected chi connectivity index (χ0v) is 18.6. The van der Waals surface area contributed by atoms with Crippen molar-refractivity contribution in [2.75, 3.05) is 26.2 Å². The van der Waals surface area contributed by atoms with Crippen molar-refractivity contribution in [3.63, 3.8) is 0 Å². The number of urea groups is 1. The first-order valence-electron chi connectivity index (χ1n) is 9.92. The van der Waals surface area contributed by atoms with Crippen molar-refractivity contribution >= 4 is 39.3 Å². The maximum Gasteiger partial charge on any atom is 0.317 e. The normalized spacial score (nSPS) is 18.8. The summed E-state index contributed by atoms with van der Waals surface area (Å²) in [4.78, 5) is 14.5. The molecule has 6 nitrogen and oxygen atoms in total. The summed E-state index contributed by atoms with van der Waals surface area (Å²) in [5.74, 6) is 0.461. The minimum atomic E-state index is -3.78. The molecule has 1 atom stereocenters. The first-order valence-corrected chi connectivity index (χ1v) is 12.1. The van der Waals surface area contributed by atoms with E-state index in [-0.39, 0.29) is 35.1 Å². The van der Waals surface area contributed by atoms with Gasteiger partial charge in [-0.2, -0.15) is 4.31 Å². The van der Waals surface area contributed by atoms with E-state index in [4.69, 9.17) is 23.2 Å². The molecule has 0 bridgehead atoms. The van der Waals surface area contributed by atoms with Gasteiger partial charge in [-0.15, -0.1) is 0 Å². The highest BCUT2D eigenvalue weighted by Gasteiger charge is 2.36. The van der Waals surface area contributed by atoms with Gasteiger partial charge in [0.25, 0.3) is 0 Å². The molecule has 1 saturated heterocycles. The fourth-order valence-electron chi connectivity index (χ4n) is 3.73. The van der Waals surface area contributed by atoms with Crippen LogP contribution in [0.2, 0.25) is 10.0 Å². The van der Waals surface area contributed by atoms with Crippen molar-refractivity contribution in [2.45, 2.75) is 23.8 Å². The van der Waals surface area contributed by atoms with Crippen LogP contribution < -0.4 is 5.32 Å². The van der Waals surface area contributed by atoms with Crippen LogP contribution in [-0.4, -0.2) is 49.8 Å². The molecule has 0 spiro atoms. The van der Waals surface area contributed by atoms with Crippen LogP contribution in [0.25, 0.3) is 0 Å². The van der Waals surface area contributed by atoms with Crippen LogP contribution in [0.3, 0.4) is 0 Å². The number of benzene rings is 2. The lowest BCUT2D eigenvalue weighted by molar-refractivity contribution is 0.167. The molecule has 0 unspecified atom stereocenters. The lowest BCUT2D eigenvalue weighted by Crippen LogP contribution is -2.53. The van der Waals surface area contributed by atoms with Crippen molar-refractivity contribution < 1.29 is 13.2 Å². The zero-order valence-electron chi connectivity index (χ0n) is 16.3. The molecule has 1 heterocycles. The maximum atomic E-state index is 13.0. The van der Waals surface area contributed by atoms with Gasteiger partial charge in [0.05, 0.1) is 11.1 Å². The first-order chi connectivity index (χ1) is 14.4. The fraction of sp³-hybridized carbons (Fsp3) is 0.381. The van der Waals surface area contributed by atoms with Gasteiger partial charge in [-0.1, -0.05) is 53.5 Å². The van der Waals surface area contributed by atoms with E-state index in [1.807, 2.05) is 30.3 Å². The summed E-state index contributed by atoms with van der Waals surface area (Å²) in [5, 5.41) is 3.59. The smallest absolute Gasteiger partial charge is 0.317 e. The number of sulfonamides is 1. The average Bonchev–Trinajstić information content (AvgIpc) is 3.59. The Morgan fingerprint density at radius 1 is 1.00 bits per heavy atom. The number of piperazine rings is 1. The minimum absolute atomic E-state index is 0.00700. The molecule has 160 valence electrons. The minimum Gasteiger partial charge on any atom is -0.331 e. The monoisotopic (exact) mass is 467 g/mol. The van der Waals surface area contributed by atoms with Crippen molar-refractivity contribution in [2.24, 2.45) is 5.92 Å². The Balaban J connectivity index is 1.40. The fourth-order valence-corrected chi connectivity index (χ4v) is 5.89. The van der Waals surface area contributed by atoms with Crippen LogP contribution >= 0.6 is 23.2 Å². The molecule has 4 rings (SSSR count). The SMILES string of the molecule is O=C(N[C@@H](c1ccccc1)C1CC1)N1CCN(S(=O)(=O)c2cc(Cl)ccc2Cl)CC1. The van der Waals surface area contributed by atoms with Gasteiger partial charge in [-0.25, -0.2) is 13.2 Å². The highest BCUT2D eigenvalue weighted by Crippen LogP contribution is 2.41. The number of nitrogens with zero attached hydrogens (tertiary/aromatic N) is 2. The number of hydrogen-bond acceptors (Lipinski definition) is 3. The van der Waals surface area contributed by atoms with Crippen molar-refractivity contribution in [3.05, 3.63) is 64.1 Å². The molecule has 2 fully saturated rings. The Hall–Kier alpha value is -1.80. The van der Waals surface area contributed by atoms with Gasteiger partial charge < -0.3 is 10.2 Å². The molecule has 9 heteroatoms. The maximum absolute atomic E-state index is 13.0. The average molecular weight is 468 g/mol. The second kappa shape index (κ2) is 8.75. The second-order valence-electron chi connectivity index (χ2n) is 7.64. The van der Waals surface area contributed by atoms with E-state index in [9.17, 15) is 13.2 Å². The van der Waals surface area contributed by atoms with Crippen molar-refractivity contribution in [1.29, 1.82) is 0 Å². The van der Waals surface area contributed by atoms with Crippen LogP contribution in [0.1, 0.15) is 24.4 Å². The van der Waals surface area contributed by atoms with Gasteiger partial charge in [-0.3, -0.25) is 0 Å². The lowest BCUT2D eigenvalue weighted by atomic mass is 10.0. The van der Waals surface area contributed by atoms with E-state index in [1.165, 1.54) is 16.4 Å². The molecule has 0 radical (unpaired) electrons. The third-order valence-electron chi connectivity index (χ3n) is 5.57. The summed E-state index contributed by atoms with van der Waals surface area (Å²) in [7, 11) is -3.78. The van der Waals surface area contributed by atoms with Gasteiger partial charge in [-0.05, 0) is 42.5 Å². The molecular weight excluding hydrogens is 445 g/mol. The number of carbonyl (C=O) groups excluding carboxylic acids is 1. The van der Waals surface area contributed by atoms with E-state index in [1.54, 1.807) is 11.0 Å². The third-order valence-corrected chi connectivity index (χ3v) is 8.18. The van der Waals surface area contributed by atoms with Gasteiger partial charge in [0.15, 0.2) is 0 Å². The van der Waals surface area contributed by atoms with E-state index >= 15 is 0 Å². The molecular formula is C21H23Cl2N3O3S. The van der Waals surface area contributed by atoms with Crippen molar-refractivity contribution in [1.82, 2.24) is 14.5 Å². The molecule has 2 aromatic carbocycles. The first kappa shape index (κ1) is 21.4. The van der Waals surface area contributed by atoms with E-state index in [0.29, 0.717) is 24.0 Å². The third kappa shape index (κ3) is 4.59. The number of carbonyl (C=O) groups is 1. The Bertz CT molecular complexity index is 1020. The number of nitrogens with one attached hydrogen (secondary N) is 1. The van der Waals surface area contributed by atoms with Crippen molar-refractivity contribution in [3.8, 4) is 0 Å². The summed E-state index contributed by atoms with van der Waals surface area (Å²) >= 11 is 12.0. The highest BCUT2D eigenvalue weighted by molar-refractivity contribution is 7.89. The number of halogens is 2. The van der Waals surface area contributed by atoms with Crippen LogP contribution in [0.15, 0.2) is 53.4 Å². The Morgan fingerprint density at radius 2 is 1.67 bits per heavy atom. The van der Waals surface area contributed by atoms with Crippen LogP contribution in [0.4, 0.5) is 4.79 Å². The molecule has 2 aliphatic rings. The van der Waals surface area contributed by atoms with E-state index < -0.39 is 10.0 Å². The topological polar surface area (TPSA) is 69.7 Å². The predicted octanol–water partition coefficient (Wildman–Crippen LogP) is 4.16. The lowest BCUT2D eigenvalue weighted by Gasteiger charge is -2.35.